The number of fused-ring (bicyclic) bond motifs is 1. The predicted octanol–water partition coefficient (Wildman–Crippen LogP) is 2.32. The molecule has 3 fully saturated rings. The molecule has 7 amide bonds. The largest absolute Gasteiger partial charge is 0.497 e. The van der Waals surface area contributed by atoms with Crippen molar-refractivity contribution >= 4 is 59.1 Å². The Morgan fingerprint density at radius 1 is 0.861 bits per heavy atom. The number of likely N-dealkylation sites (tertiary alicyclic amines) is 1. The summed E-state index contributed by atoms with van der Waals surface area (Å²) in [6, 6.07) is -2.19. The monoisotopic (exact) mass is 1110 g/mol. The fourth-order valence-corrected chi connectivity index (χ4v) is 10.5. The first kappa shape index (κ1) is 65.4. The summed E-state index contributed by atoms with van der Waals surface area (Å²) in [6.07, 6.45) is -4.99. The lowest BCUT2D eigenvalue weighted by atomic mass is 9.91. The van der Waals surface area contributed by atoms with Crippen LogP contribution in [0, 0.1) is 29.6 Å². The number of hydrogen-bond donors (Lipinski definition) is 5. The zero-order valence-corrected chi connectivity index (χ0v) is 48.8. The number of ketones is 1. The number of rotatable bonds is 15. The number of benzene rings is 1. The minimum Gasteiger partial charge on any atom is -0.497 e. The Morgan fingerprint density at radius 2 is 1.49 bits per heavy atom. The highest BCUT2D eigenvalue weighted by atomic mass is 16.6. The van der Waals surface area contributed by atoms with Gasteiger partial charge in [0.1, 0.15) is 54.2 Å². The van der Waals surface area contributed by atoms with Gasteiger partial charge in [0.2, 0.25) is 35.4 Å². The summed E-state index contributed by atoms with van der Waals surface area (Å²) in [7, 11) is 4.29. The molecule has 442 valence electrons. The Labute approximate surface area is 465 Å². The number of carbonyl (C=O) groups is 10. The lowest BCUT2D eigenvalue weighted by Crippen LogP contribution is -2.62. The summed E-state index contributed by atoms with van der Waals surface area (Å²) in [5, 5.41) is 30.2. The quantitative estimate of drug-likeness (QED) is 0.124. The van der Waals surface area contributed by atoms with Gasteiger partial charge in [-0.05, 0) is 101 Å². The van der Waals surface area contributed by atoms with E-state index in [1.807, 2.05) is 27.7 Å². The smallest absolute Gasteiger partial charge is 0.329 e. The normalized spacial score (nSPS) is 27.7. The molecule has 0 spiro atoms. The molecule has 0 radical (unpaired) electrons. The Kier molecular flexibility index (Phi) is 24.3. The second-order valence-corrected chi connectivity index (χ2v) is 23.0. The maximum atomic E-state index is 15.0. The number of nitrogens with one attached hydrogen (secondary N) is 3. The Balaban J connectivity index is 1.89. The standard InChI is InChI=1S/C57H89N7O15/c1-15-33(8)46-44(66)29-45(67)79-49(32(6)7)48(68)34(9)50(69)58-39(26-30(2)3)54(73)64-25-17-19-41(64)56(75)62(13)43(28-37-20-22-38(77-14)23-21-37)57(76)78-36(11)47(52(71)59-46)60-51(70)42(27-31(4)5)61(12)55(74)40-18-16-24-63(40)53(72)35(10)65/h20-23,30-36,39-44,46-47,49,65-66H,15-19,24-29H2,1-14H3,(H,58,69)(H,59,71)(H,60,70)/t33-,34-,35-,36+,39-,40-,41-,42+,43-,44-,46+,47+,49-/m0/s1. The minimum absolute atomic E-state index is 0.0720. The molecule has 22 heteroatoms. The van der Waals surface area contributed by atoms with Gasteiger partial charge in [-0.15, -0.1) is 0 Å². The SMILES string of the molecule is CC[C@H](C)[C@H]1NC(=O)[C@H](NC(=O)[C@@H](CC(C)C)N(C)C(=O)[C@@H]2CCCN2C(=O)[C@H](C)O)[C@@H](C)OC(=O)[C@H](Cc2ccc(OC)cc2)N(C)C(=O)[C@@H]2CCCN2C(=O)[C@H](CC(C)C)NC(=O)[C@@H](C)C(=O)[C@H](C(C)C)OC(=O)C[C@@H]1O. The van der Waals surface area contributed by atoms with E-state index < -0.39 is 150 Å². The molecular weight excluding hydrogens is 1020 g/mol. The fraction of sp³-hybridized carbons (Fsp3) is 0.719. The molecule has 13 atom stereocenters. The van der Waals surface area contributed by atoms with Crippen LogP contribution in [0.15, 0.2) is 24.3 Å². The number of nitrogens with zero attached hydrogens (tertiary/aromatic N) is 4. The molecule has 3 heterocycles. The van der Waals surface area contributed by atoms with Gasteiger partial charge < -0.3 is 60.0 Å². The Hall–Kier alpha value is -6.16. The number of carbonyl (C=O) groups excluding carboxylic acids is 10. The topological polar surface area (TPSA) is 288 Å². The van der Waals surface area contributed by atoms with E-state index in [-0.39, 0.29) is 57.0 Å². The van der Waals surface area contributed by atoms with Crippen molar-refractivity contribution < 1.29 is 72.4 Å². The van der Waals surface area contributed by atoms with Gasteiger partial charge in [-0.1, -0.05) is 73.9 Å². The molecule has 0 saturated carbocycles. The zero-order valence-electron chi connectivity index (χ0n) is 48.8. The number of Topliss-reactive ketones (excluding diaryl/α,β-unsaturated/α-hetero) is 1. The van der Waals surface area contributed by atoms with Crippen LogP contribution in [0.25, 0.3) is 0 Å². The number of ether oxygens (including phenoxy) is 3. The number of hydrogen-bond acceptors (Lipinski definition) is 15. The molecule has 5 N–H and O–H groups in total. The highest BCUT2D eigenvalue weighted by Gasteiger charge is 2.46. The molecule has 0 bridgehead atoms. The highest BCUT2D eigenvalue weighted by Crippen LogP contribution is 2.27. The van der Waals surface area contributed by atoms with E-state index in [0.717, 1.165) is 0 Å². The molecule has 22 nitrogen and oxygen atoms in total. The Bertz CT molecular complexity index is 2330. The van der Waals surface area contributed by atoms with E-state index in [9.17, 15) is 53.4 Å². The van der Waals surface area contributed by atoms with Crippen molar-refractivity contribution in [3.05, 3.63) is 29.8 Å². The number of aliphatic hydroxyl groups excluding tert-OH is 2. The van der Waals surface area contributed by atoms with Crippen LogP contribution >= 0.6 is 0 Å². The second kappa shape index (κ2) is 29.3. The lowest BCUT2D eigenvalue weighted by Gasteiger charge is -2.36. The number of esters is 2. The van der Waals surface area contributed by atoms with E-state index in [1.54, 1.807) is 52.0 Å². The average Bonchev–Trinajstić information content (AvgIpc) is 4.13. The van der Waals surface area contributed by atoms with Crippen molar-refractivity contribution in [1.82, 2.24) is 35.6 Å². The van der Waals surface area contributed by atoms with E-state index in [2.05, 4.69) is 16.0 Å². The molecule has 3 saturated heterocycles. The summed E-state index contributed by atoms with van der Waals surface area (Å²) in [5.74, 6) is -10.3. The van der Waals surface area contributed by atoms with Crippen LogP contribution in [0.5, 0.6) is 5.75 Å². The van der Waals surface area contributed by atoms with Gasteiger partial charge in [0, 0.05) is 33.6 Å². The van der Waals surface area contributed by atoms with Crippen molar-refractivity contribution in [2.75, 3.05) is 34.3 Å². The molecule has 79 heavy (non-hydrogen) atoms. The van der Waals surface area contributed by atoms with E-state index in [0.29, 0.717) is 30.6 Å². The van der Waals surface area contributed by atoms with Gasteiger partial charge in [-0.2, -0.15) is 0 Å². The van der Waals surface area contributed by atoms with Crippen LogP contribution in [0.3, 0.4) is 0 Å². The molecule has 0 unspecified atom stereocenters. The van der Waals surface area contributed by atoms with Crippen LogP contribution in [0.1, 0.15) is 133 Å². The fourth-order valence-electron chi connectivity index (χ4n) is 10.5. The first-order valence-corrected chi connectivity index (χ1v) is 28.0. The summed E-state index contributed by atoms with van der Waals surface area (Å²) in [5.41, 5.74) is 0.571. The summed E-state index contributed by atoms with van der Waals surface area (Å²) in [6.45, 7) is 18.4. The van der Waals surface area contributed by atoms with Gasteiger partial charge in [0.25, 0.3) is 5.91 Å². The van der Waals surface area contributed by atoms with Crippen molar-refractivity contribution in [3.8, 4) is 5.75 Å². The molecule has 1 aromatic rings. The summed E-state index contributed by atoms with van der Waals surface area (Å²) >= 11 is 0. The van der Waals surface area contributed by atoms with Crippen molar-refractivity contribution in [2.24, 2.45) is 29.6 Å². The van der Waals surface area contributed by atoms with Crippen LogP contribution in [0.4, 0.5) is 0 Å². The van der Waals surface area contributed by atoms with Crippen LogP contribution in [-0.4, -0.2) is 190 Å². The maximum Gasteiger partial charge on any atom is 0.329 e. The Morgan fingerprint density at radius 3 is 2.06 bits per heavy atom. The molecule has 3 aliphatic rings. The number of likely N-dealkylation sites (N-methyl/N-ethyl adjacent to an activating group) is 2. The first-order chi connectivity index (χ1) is 37.0. The maximum absolute atomic E-state index is 15.0. The van der Waals surface area contributed by atoms with Crippen LogP contribution in [0.2, 0.25) is 0 Å². The van der Waals surface area contributed by atoms with Gasteiger partial charge in [0.15, 0.2) is 11.9 Å². The average molecular weight is 1110 g/mol. The molecule has 3 aliphatic heterocycles. The van der Waals surface area contributed by atoms with Crippen LogP contribution < -0.4 is 20.7 Å². The molecule has 0 aliphatic carbocycles. The summed E-state index contributed by atoms with van der Waals surface area (Å²) < 4.78 is 17.2. The summed E-state index contributed by atoms with van der Waals surface area (Å²) in [4.78, 5) is 149. The predicted molar refractivity (Wildman–Crippen MR) is 290 cm³/mol. The first-order valence-electron chi connectivity index (χ1n) is 28.0. The van der Waals surface area contributed by atoms with Gasteiger partial charge in [-0.3, -0.25) is 43.2 Å². The second-order valence-electron chi connectivity index (χ2n) is 23.0. The molecule has 1 aromatic carbocycles. The van der Waals surface area contributed by atoms with E-state index >= 15 is 4.79 Å². The zero-order chi connectivity index (χ0) is 59.3. The third-order valence-electron chi connectivity index (χ3n) is 15.5. The molecule has 0 aromatic heterocycles. The van der Waals surface area contributed by atoms with Gasteiger partial charge >= 0.3 is 11.9 Å². The van der Waals surface area contributed by atoms with Gasteiger partial charge in [0.05, 0.1) is 31.6 Å². The van der Waals surface area contributed by atoms with Crippen molar-refractivity contribution in [2.45, 2.75) is 201 Å². The third kappa shape index (κ3) is 16.9. The molecule has 4 rings (SSSR count). The van der Waals surface area contributed by atoms with Crippen molar-refractivity contribution in [1.29, 1.82) is 0 Å². The van der Waals surface area contributed by atoms with Crippen LogP contribution in [-0.2, 0) is 63.8 Å². The lowest BCUT2D eigenvalue weighted by molar-refractivity contribution is -0.163. The number of cyclic esters (lactones) is 2. The van der Waals surface area contributed by atoms with E-state index in [1.165, 1.54) is 61.6 Å². The number of amides is 7. The van der Waals surface area contributed by atoms with Crippen molar-refractivity contribution in [3.63, 3.8) is 0 Å². The van der Waals surface area contributed by atoms with E-state index in [4.69, 9.17) is 14.2 Å². The number of methoxy groups -OCH3 is 1. The third-order valence-corrected chi connectivity index (χ3v) is 15.5. The molecular formula is C57H89N7O15. The number of aliphatic hydroxyl groups is 2. The highest BCUT2D eigenvalue weighted by molar-refractivity contribution is 6.05. The minimum atomic E-state index is -1.76. The van der Waals surface area contributed by atoms with Gasteiger partial charge in [-0.25, -0.2) is 4.79 Å².